The molecule has 0 spiro atoms. The van der Waals surface area contributed by atoms with Crippen molar-refractivity contribution in [3.8, 4) is 0 Å². The van der Waals surface area contributed by atoms with Crippen LogP contribution in [0.15, 0.2) is 47.1 Å². The lowest BCUT2D eigenvalue weighted by atomic mass is 10.0. The molecule has 0 amide bonds. The fraction of sp³-hybridized carbons (Fsp3) is 0.375. The van der Waals surface area contributed by atoms with E-state index in [2.05, 4.69) is 48.5 Å². The summed E-state index contributed by atoms with van der Waals surface area (Å²) >= 11 is 0. The second-order valence-corrected chi connectivity index (χ2v) is 4.74. The average molecular weight is 258 g/mol. The first-order chi connectivity index (χ1) is 9.26. The molecule has 0 saturated carbocycles. The fourth-order valence-electron chi connectivity index (χ4n) is 2.43. The van der Waals surface area contributed by atoms with Gasteiger partial charge in [0.1, 0.15) is 5.76 Å². The Hall–Kier alpha value is -1.74. The van der Waals surface area contributed by atoms with Crippen LogP contribution in [0.3, 0.4) is 0 Å². The molecule has 0 fully saturated rings. The number of rotatable bonds is 6. The Bertz CT molecular complexity index is 489. The summed E-state index contributed by atoms with van der Waals surface area (Å²) in [4.78, 5) is 2.23. The summed E-state index contributed by atoms with van der Waals surface area (Å²) in [5.41, 5.74) is 2.58. The van der Waals surface area contributed by atoms with Gasteiger partial charge in [0.2, 0.25) is 0 Å². The highest BCUT2D eigenvalue weighted by Gasteiger charge is 2.14. The highest BCUT2D eigenvalue weighted by atomic mass is 16.3. The molecular weight excluding hydrogens is 236 g/mol. The maximum absolute atomic E-state index is 5.42. The molecule has 0 saturated heterocycles. The molecule has 0 aliphatic heterocycles. The molecular formula is C16H22N2O. The van der Waals surface area contributed by atoms with Crippen molar-refractivity contribution in [3.05, 3.63) is 54.0 Å². The quantitative estimate of drug-likeness (QED) is 0.858. The second-order valence-electron chi connectivity index (χ2n) is 4.74. The highest BCUT2D eigenvalue weighted by Crippen LogP contribution is 2.28. The largest absolute Gasteiger partial charge is 0.467 e. The Morgan fingerprint density at radius 3 is 2.63 bits per heavy atom. The standard InChI is InChI=1S/C16H22N2O/c1-4-15(17-2)14-9-5-6-10-16(14)18(3)12-13-8-7-11-19-13/h5-11,15,17H,4,12H2,1-3H3. The Morgan fingerprint density at radius 2 is 2.00 bits per heavy atom. The molecule has 3 heteroatoms. The Morgan fingerprint density at radius 1 is 1.21 bits per heavy atom. The van der Waals surface area contributed by atoms with Crippen molar-refractivity contribution in [2.45, 2.75) is 25.9 Å². The van der Waals surface area contributed by atoms with Gasteiger partial charge < -0.3 is 14.6 Å². The van der Waals surface area contributed by atoms with Gasteiger partial charge in [-0.3, -0.25) is 0 Å². The first-order valence-electron chi connectivity index (χ1n) is 6.76. The van der Waals surface area contributed by atoms with Crippen LogP contribution in [0.5, 0.6) is 0 Å². The normalized spacial score (nSPS) is 12.4. The van der Waals surface area contributed by atoms with Gasteiger partial charge in [0.25, 0.3) is 0 Å². The van der Waals surface area contributed by atoms with Gasteiger partial charge in [0.15, 0.2) is 0 Å². The van der Waals surface area contributed by atoms with Crippen molar-refractivity contribution in [1.82, 2.24) is 5.32 Å². The predicted molar refractivity (Wildman–Crippen MR) is 79.3 cm³/mol. The van der Waals surface area contributed by atoms with Crippen molar-refractivity contribution < 1.29 is 4.42 Å². The number of nitrogens with zero attached hydrogens (tertiary/aromatic N) is 1. The second kappa shape index (κ2) is 6.43. The van der Waals surface area contributed by atoms with Gasteiger partial charge in [-0.2, -0.15) is 0 Å². The van der Waals surface area contributed by atoms with Crippen molar-refractivity contribution in [2.75, 3.05) is 19.0 Å². The van der Waals surface area contributed by atoms with Crippen LogP contribution in [0, 0.1) is 0 Å². The SMILES string of the molecule is CCC(NC)c1ccccc1N(C)Cc1ccco1. The summed E-state index contributed by atoms with van der Waals surface area (Å²) in [6.45, 7) is 2.98. The Balaban J connectivity index is 2.23. The molecule has 102 valence electrons. The summed E-state index contributed by atoms with van der Waals surface area (Å²) in [6, 6.07) is 12.9. The molecule has 19 heavy (non-hydrogen) atoms. The van der Waals surface area contributed by atoms with E-state index in [1.54, 1.807) is 6.26 Å². The number of nitrogens with one attached hydrogen (secondary N) is 1. The van der Waals surface area contributed by atoms with Gasteiger partial charge in [-0.05, 0) is 37.2 Å². The zero-order valence-corrected chi connectivity index (χ0v) is 11.9. The van der Waals surface area contributed by atoms with E-state index in [-0.39, 0.29) is 0 Å². The number of furan rings is 1. The number of hydrogen-bond acceptors (Lipinski definition) is 3. The first-order valence-corrected chi connectivity index (χ1v) is 6.76. The number of hydrogen-bond donors (Lipinski definition) is 1. The average Bonchev–Trinajstić information content (AvgIpc) is 2.93. The van der Waals surface area contributed by atoms with Crippen molar-refractivity contribution >= 4 is 5.69 Å². The summed E-state index contributed by atoms with van der Waals surface area (Å²) in [5, 5.41) is 3.37. The lowest BCUT2D eigenvalue weighted by Crippen LogP contribution is -2.22. The molecule has 2 rings (SSSR count). The molecule has 3 nitrogen and oxygen atoms in total. The Labute approximate surface area is 115 Å². The molecule has 1 heterocycles. The zero-order chi connectivity index (χ0) is 13.7. The van der Waals surface area contributed by atoms with E-state index in [1.165, 1.54) is 11.3 Å². The molecule has 0 aliphatic rings. The molecule has 1 aromatic carbocycles. The van der Waals surface area contributed by atoms with Crippen molar-refractivity contribution in [3.63, 3.8) is 0 Å². The van der Waals surface area contributed by atoms with Crippen LogP contribution in [-0.4, -0.2) is 14.1 Å². The van der Waals surface area contributed by atoms with Gasteiger partial charge in [0, 0.05) is 18.8 Å². The monoisotopic (exact) mass is 258 g/mol. The molecule has 1 N–H and O–H groups in total. The van der Waals surface area contributed by atoms with Crippen LogP contribution in [0.4, 0.5) is 5.69 Å². The maximum Gasteiger partial charge on any atom is 0.123 e. The third kappa shape index (κ3) is 3.18. The lowest BCUT2D eigenvalue weighted by Gasteiger charge is -2.25. The molecule has 2 aromatic rings. The van der Waals surface area contributed by atoms with Crippen molar-refractivity contribution in [2.24, 2.45) is 0 Å². The van der Waals surface area contributed by atoms with E-state index in [9.17, 15) is 0 Å². The molecule has 1 aromatic heterocycles. The fourth-order valence-corrected chi connectivity index (χ4v) is 2.43. The van der Waals surface area contributed by atoms with E-state index < -0.39 is 0 Å². The van der Waals surface area contributed by atoms with E-state index >= 15 is 0 Å². The van der Waals surface area contributed by atoms with Gasteiger partial charge in [-0.1, -0.05) is 25.1 Å². The van der Waals surface area contributed by atoms with Crippen LogP contribution < -0.4 is 10.2 Å². The molecule has 0 aliphatic carbocycles. The highest BCUT2D eigenvalue weighted by molar-refractivity contribution is 5.54. The number of benzene rings is 1. The predicted octanol–water partition coefficient (Wildman–Crippen LogP) is 3.59. The van der Waals surface area contributed by atoms with E-state index in [0.717, 1.165) is 18.7 Å². The van der Waals surface area contributed by atoms with Crippen LogP contribution in [0.1, 0.15) is 30.7 Å². The minimum absolute atomic E-state index is 0.384. The molecule has 0 radical (unpaired) electrons. The molecule has 0 bridgehead atoms. The number of anilines is 1. The van der Waals surface area contributed by atoms with Crippen LogP contribution in [0.2, 0.25) is 0 Å². The zero-order valence-electron chi connectivity index (χ0n) is 11.9. The minimum atomic E-state index is 0.384. The van der Waals surface area contributed by atoms with Gasteiger partial charge in [0.05, 0.1) is 12.8 Å². The topological polar surface area (TPSA) is 28.4 Å². The summed E-state index contributed by atoms with van der Waals surface area (Å²) in [7, 11) is 4.11. The Kier molecular flexibility index (Phi) is 4.63. The summed E-state index contributed by atoms with van der Waals surface area (Å²) in [5.74, 6) is 0.981. The van der Waals surface area contributed by atoms with Gasteiger partial charge >= 0.3 is 0 Å². The van der Waals surface area contributed by atoms with Crippen LogP contribution >= 0.6 is 0 Å². The summed E-state index contributed by atoms with van der Waals surface area (Å²) in [6.07, 6.45) is 2.79. The summed E-state index contributed by atoms with van der Waals surface area (Å²) < 4.78 is 5.42. The third-order valence-corrected chi connectivity index (χ3v) is 3.45. The van der Waals surface area contributed by atoms with E-state index in [0.29, 0.717) is 6.04 Å². The van der Waals surface area contributed by atoms with E-state index in [4.69, 9.17) is 4.42 Å². The number of para-hydroxylation sites is 1. The third-order valence-electron chi connectivity index (χ3n) is 3.45. The maximum atomic E-state index is 5.42. The molecule has 1 atom stereocenters. The minimum Gasteiger partial charge on any atom is -0.467 e. The van der Waals surface area contributed by atoms with Gasteiger partial charge in [-0.25, -0.2) is 0 Å². The smallest absolute Gasteiger partial charge is 0.123 e. The van der Waals surface area contributed by atoms with Gasteiger partial charge in [-0.15, -0.1) is 0 Å². The van der Waals surface area contributed by atoms with E-state index in [1.807, 2.05) is 19.2 Å². The lowest BCUT2D eigenvalue weighted by molar-refractivity contribution is 0.506. The van der Waals surface area contributed by atoms with Crippen LogP contribution in [-0.2, 0) is 6.54 Å². The molecule has 1 unspecified atom stereocenters. The first kappa shape index (κ1) is 13.7. The van der Waals surface area contributed by atoms with Crippen LogP contribution in [0.25, 0.3) is 0 Å². The van der Waals surface area contributed by atoms with Crippen molar-refractivity contribution in [1.29, 1.82) is 0 Å².